The number of aromatic nitrogens is 3. The van der Waals surface area contributed by atoms with Gasteiger partial charge in [-0.1, -0.05) is 38.5 Å². The highest BCUT2D eigenvalue weighted by Crippen LogP contribution is 2.21. The summed E-state index contributed by atoms with van der Waals surface area (Å²) < 4.78 is 0. The van der Waals surface area contributed by atoms with Gasteiger partial charge in [0.05, 0.1) is 29.4 Å². The van der Waals surface area contributed by atoms with Crippen molar-refractivity contribution in [3.8, 4) is 0 Å². The second-order valence-electron chi connectivity index (χ2n) is 8.84. The molecule has 0 saturated carbocycles. The number of rotatable bonds is 11. The molecule has 2 aromatic heterocycles. The van der Waals surface area contributed by atoms with Gasteiger partial charge in [0.25, 0.3) is 5.91 Å². The lowest BCUT2D eigenvalue weighted by molar-refractivity contribution is -0.135. The Morgan fingerprint density at radius 3 is 2.47 bits per heavy atom. The number of para-hydroxylation sites is 2. The average Bonchev–Trinajstić information content (AvgIpc) is 2.85. The summed E-state index contributed by atoms with van der Waals surface area (Å²) in [6.07, 6.45) is 5.31. The number of hydrogen-bond donors (Lipinski definition) is 4. The summed E-state index contributed by atoms with van der Waals surface area (Å²) >= 11 is 0. The minimum atomic E-state index is -1.05. The zero-order chi connectivity index (χ0) is 24.5. The first-order valence-corrected chi connectivity index (χ1v) is 11.4. The number of aliphatic hydroxyl groups is 1. The molecule has 0 bridgehead atoms. The SMILES string of the molecule is CC(C)CCC(CC(O)C(Cc1cccnc1)NC(=O)c1cnc2ccccc2n1)C(=O)NO. The van der Waals surface area contributed by atoms with Crippen LogP contribution >= 0.6 is 0 Å². The van der Waals surface area contributed by atoms with Gasteiger partial charge in [-0.15, -0.1) is 0 Å². The van der Waals surface area contributed by atoms with Crippen LogP contribution in [-0.4, -0.2) is 49.2 Å². The average molecular weight is 466 g/mol. The van der Waals surface area contributed by atoms with E-state index in [4.69, 9.17) is 5.21 Å². The maximum absolute atomic E-state index is 13.0. The van der Waals surface area contributed by atoms with E-state index < -0.39 is 29.9 Å². The quantitative estimate of drug-likeness (QED) is 0.252. The summed E-state index contributed by atoms with van der Waals surface area (Å²) in [5, 5.41) is 23.1. The van der Waals surface area contributed by atoms with Crippen LogP contribution in [0.1, 0.15) is 49.2 Å². The summed E-state index contributed by atoms with van der Waals surface area (Å²) in [6, 6.07) is 10.2. The third-order valence-electron chi connectivity index (χ3n) is 5.74. The van der Waals surface area contributed by atoms with E-state index in [1.54, 1.807) is 30.0 Å². The van der Waals surface area contributed by atoms with E-state index in [9.17, 15) is 14.7 Å². The molecule has 0 radical (unpaired) electrons. The summed E-state index contributed by atoms with van der Waals surface area (Å²) in [5.74, 6) is -1.26. The van der Waals surface area contributed by atoms with Gasteiger partial charge in [-0.3, -0.25) is 24.8 Å². The van der Waals surface area contributed by atoms with Crippen LogP contribution in [0.15, 0.2) is 55.0 Å². The molecule has 0 spiro atoms. The smallest absolute Gasteiger partial charge is 0.271 e. The Bertz CT molecular complexity index is 1090. The van der Waals surface area contributed by atoms with Gasteiger partial charge in [-0.2, -0.15) is 0 Å². The predicted molar refractivity (Wildman–Crippen MR) is 127 cm³/mol. The zero-order valence-electron chi connectivity index (χ0n) is 19.4. The topological polar surface area (TPSA) is 137 Å². The molecule has 180 valence electrons. The predicted octanol–water partition coefficient (Wildman–Crippen LogP) is 2.67. The molecule has 0 aliphatic rings. The van der Waals surface area contributed by atoms with Crippen molar-refractivity contribution in [2.45, 2.75) is 51.7 Å². The van der Waals surface area contributed by atoms with Crippen molar-refractivity contribution in [2.75, 3.05) is 0 Å². The van der Waals surface area contributed by atoms with E-state index in [1.807, 2.05) is 38.1 Å². The number of aliphatic hydroxyl groups excluding tert-OH is 1. The molecule has 2 heterocycles. The maximum Gasteiger partial charge on any atom is 0.271 e. The number of pyridine rings is 1. The molecule has 0 aliphatic heterocycles. The zero-order valence-corrected chi connectivity index (χ0v) is 19.4. The van der Waals surface area contributed by atoms with E-state index >= 15 is 0 Å². The third-order valence-corrected chi connectivity index (χ3v) is 5.74. The van der Waals surface area contributed by atoms with Crippen molar-refractivity contribution in [3.63, 3.8) is 0 Å². The van der Waals surface area contributed by atoms with Gasteiger partial charge in [-0.05, 0) is 48.9 Å². The van der Waals surface area contributed by atoms with Gasteiger partial charge in [0.1, 0.15) is 5.69 Å². The standard InChI is InChI=1S/C25H31N5O4/c1-16(2)9-10-18(24(32)30-34)13-23(31)21(12-17-6-5-11-26-14-17)29-25(33)22-15-27-19-7-3-4-8-20(19)28-22/h3-8,11,14-16,18,21,23,31,34H,9-10,12-13H2,1-2H3,(H,29,33)(H,30,32). The number of hydroxylamine groups is 1. The molecule has 3 aromatic rings. The summed E-state index contributed by atoms with van der Waals surface area (Å²) in [4.78, 5) is 38.0. The lowest BCUT2D eigenvalue weighted by Gasteiger charge is -2.27. The first-order valence-electron chi connectivity index (χ1n) is 11.4. The highest BCUT2D eigenvalue weighted by molar-refractivity contribution is 5.94. The molecule has 9 heteroatoms. The number of hydrogen-bond acceptors (Lipinski definition) is 7. The third kappa shape index (κ3) is 7.03. The first kappa shape index (κ1) is 25.2. The first-order chi connectivity index (χ1) is 16.4. The molecule has 3 rings (SSSR count). The number of nitrogens with zero attached hydrogens (tertiary/aromatic N) is 3. The van der Waals surface area contributed by atoms with Gasteiger partial charge in [-0.25, -0.2) is 10.5 Å². The number of fused-ring (bicyclic) bond motifs is 1. The molecule has 2 amide bonds. The summed E-state index contributed by atoms with van der Waals surface area (Å²) in [5.41, 5.74) is 3.92. The Balaban J connectivity index is 1.79. The monoisotopic (exact) mass is 465 g/mol. The van der Waals surface area contributed by atoms with Crippen LogP contribution in [0.2, 0.25) is 0 Å². The number of benzene rings is 1. The number of carbonyl (C=O) groups excluding carboxylic acids is 2. The van der Waals surface area contributed by atoms with Gasteiger partial charge in [0.15, 0.2) is 0 Å². The second-order valence-corrected chi connectivity index (χ2v) is 8.84. The van der Waals surface area contributed by atoms with Crippen LogP contribution < -0.4 is 10.8 Å². The molecule has 4 N–H and O–H groups in total. The number of nitrogens with one attached hydrogen (secondary N) is 2. The van der Waals surface area contributed by atoms with Crippen molar-refractivity contribution >= 4 is 22.8 Å². The normalized spacial score (nSPS) is 13.9. The van der Waals surface area contributed by atoms with Crippen LogP contribution in [-0.2, 0) is 11.2 Å². The van der Waals surface area contributed by atoms with Gasteiger partial charge < -0.3 is 10.4 Å². The molecule has 3 unspecified atom stereocenters. The van der Waals surface area contributed by atoms with Crippen molar-refractivity contribution in [1.29, 1.82) is 0 Å². The van der Waals surface area contributed by atoms with Gasteiger partial charge in [0, 0.05) is 18.3 Å². The van der Waals surface area contributed by atoms with Crippen LogP contribution in [0.3, 0.4) is 0 Å². The Morgan fingerprint density at radius 1 is 1.03 bits per heavy atom. The minimum Gasteiger partial charge on any atom is -0.391 e. The molecule has 0 fully saturated rings. The van der Waals surface area contributed by atoms with Crippen molar-refractivity contribution in [2.24, 2.45) is 11.8 Å². The Kier molecular flexibility index (Phi) is 9.00. The van der Waals surface area contributed by atoms with Crippen LogP contribution in [0.4, 0.5) is 0 Å². The summed E-state index contributed by atoms with van der Waals surface area (Å²) in [7, 11) is 0. The fraction of sp³-hybridized carbons (Fsp3) is 0.400. The molecule has 9 nitrogen and oxygen atoms in total. The van der Waals surface area contributed by atoms with E-state index in [1.165, 1.54) is 6.20 Å². The van der Waals surface area contributed by atoms with E-state index in [0.717, 1.165) is 12.0 Å². The molecule has 0 aliphatic carbocycles. The largest absolute Gasteiger partial charge is 0.391 e. The van der Waals surface area contributed by atoms with Gasteiger partial charge in [0.2, 0.25) is 5.91 Å². The van der Waals surface area contributed by atoms with E-state index in [2.05, 4.69) is 20.3 Å². The van der Waals surface area contributed by atoms with Crippen LogP contribution in [0.5, 0.6) is 0 Å². The molecule has 34 heavy (non-hydrogen) atoms. The highest BCUT2D eigenvalue weighted by atomic mass is 16.5. The van der Waals surface area contributed by atoms with Crippen molar-refractivity contribution < 1.29 is 19.9 Å². The van der Waals surface area contributed by atoms with Gasteiger partial charge >= 0.3 is 0 Å². The number of carbonyl (C=O) groups is 2. The van der Waals surface area contributed by atoms with E-state index in [0.29, 0.717) is 29.8 Å². The van der Waals surface area contributed by atoms with E-state index in [-0.39, 0.29) is 12.1 Å². The fourth-order valence-electron chi connectivity index (χ4n) is 3.80. The Hall–Kier alpha value is -3.43. The lowest BCUT2D eigenvalue weighted by atomic mass is 9.88. The molecule has 0 saturated heterocycles. The number of amides is 2. The minimum absolute atomic E-state index is 0.0771. The molecule has 3 atom stereocenters. The molecular formula is C25H31N5O4. The molecule has 1 aromatic carbocycles. The highest BCUT2D eigenvalue weighted by Gasteiger charge is 2.29. The van der Waals surface area contributed by atoms with Crippen LogP contribution in [0.25, 0.3) is 11.0 Å². The summed E-state index contributed by atoms with van der Waals surface area (Å²) in [6.45, 7) is 4.08. The lowest BCUT2D eigenvalue weighted by Crippen LogP contribution is -2.47. The van der Waals surface area contributed by atoms with Crippen molar-refractivity contribution in [1.82, 2.24) is 25.7 Å². The second kappa shape index (κ2) is 12.2. The van der Waals surface area contributed by atoms with Crippen LogP contribution in [0, 0.1) is 11.8 Å². The fourth-order valence-corrected chi connectivity index (χ4v) is 3.80. The Labute approximate surface area is 198 Å². The Morgan fingerprint density at radius 2 is 1.79 bits per heavy atom. The maximum atomic E-state index is 13.0. The molecular weight excluding hydrogens is 434 g/mol. The van der Waals surface area contributed by atoms with Crippen molar-refractivity contribution in [3.05, 3.63) is 66.2 Å².